The van der Waals surface area contributed by atoms with E-state index in [9.17, 15) is 23.2 Å². The summed E-state index contributed by atoms with van der Waals surface area (Å²) in [6, 6.07) is 10.9. The SMILES string of the molecule is CNC(=O)NC(C)(C(F)F)C(NC(=O)c1ccc(C#CC#Cc2ccc(CN3CCCC3)cc2)cc1)C(=O)NO. The predicted octanol–water partition coefficient (Wildman–Crippen LogP) is 2.24. The zero-order chi connectivity index (χ0) is 29.1. The number of likely N-dealkylation sites (tertiary alicyclic amines) is 1. The minimum atomic E-state index is -3.28. The fourth-order valence-electron chi connectivity index (χ4n) is 4.13. The summed E-state index contributed by atoms with van der Waals surface area (Å²) in [6.45, 7) is 4.09. The molecule has 0 aromatic heterocycles. The van der Waals surface area contributed by atoms with Crippen molar-refractivity contribution in [3.63, 3.8) is 0 Å². The highest BCUT2D eigenvalue weighted by molar-refractivity contribution is 5.98. The molecule has 1 fully saturated rings. The van der Waals surface area contributed by atoms with Crippen LogP contribution in [0.3, 0.4) is 0 Å². The monoisotopic (exact) mass is 551 g/mol. The molecular weight excluding hydrogens is 520 g/mol. The Hall–Kier alpha value is -4.45. The van der Waals surface area contributed by atoms with Crippen LogP contribution >= 0.6 is 0 Å². The van der Waals surface area contributed by atoms with Gasteiger partial charge in [-0.3, -0.25) is 19.7 Å². The van der Waals surface area contributed by atoms with Gasteiger partial charge in [0, 0.05) is 30.3 Å². The molecule has 4 amide bonds. The third kappa shape index (κ3) is 8.03. The van der Waals surface area contributed by atoms with Crippen LogP contribution in [0.15, 0.2) is 48.5 Å². The number of hydrogen-bond donors (Lipinski definition) is 5. The predicted molar refractivity (Wildman–Crippen MR) is 144 cm³/mol. The van der Waals surface area contributed by atoms with Gasteiger partial charge in [0.1, 0.15) is 11.6 Å². The maximum Gasteiger partial charge on any atom is 0.315 e. The van der Waals surface area contributed by atoms with Crippen LogP contribution in [-0.4, -0.2) is 66.1 Å². The first kappa shape index (κ1) is 30.1. The lowest BCUT2D eigenvalue weighted by Gasteiger charge is -2.36. The van der Waals surface area contributed by atoms with Crippen molar-refractivity contribution in [2.24, 2.45) is 0 Å². The largest absolute Gasteiger partial charge is 0.341 e. The molecule has 1 saturated heterocycles. The molecule has 2 aromatic carbocycles. The number of urea groups is 1. The van der Waals surface area contributed by atoms with Crippen LogP contribution in [0, 0.1) is 23.7 Å². The van der Waals surface area contributed by atoms with E-state index in [0.29, 0.717) is 5.56 Å². The van der Waals surface area contributed by atoms with Gasteiger partial charge >= 0.3 is 6.03 Å². The van der Waals surface area contributed by atoms with Crippen molar-refractivity contribution in [3.8, 4) is 23.7 Å². The van der Waals surface area contributed by atoms with Gasteiger partial charge in [-0.15, -0.1) is 0 Å². The van der Waals surface area contributed by atoms with Crippen LogP contribution in [0.5, 0.6) is 0 Å². The molecule has 0 saturated carbocycles. The second kappa shape index (κ2) is 14.1. The van der Waals surface area contributed by atoms with Crippen molar-refractivity contribution in [2.75, 3.05) is 20.1 Å². The number of benzene rings is 2. The molecule has 2 aromatic rings. The molecular formula is C29H31F2N5O4. The van der Waals surface area contributed by atoms with Gasteiger partial charge in [-0.1, -0.05) is 24.0 Å². The number of carbonyl (C=O) groups is 3. The van der Waals surface area contributed by atoms with Crippen LogP contribution < -0.4 is 21.4 Å². The standard InChI is InChI=1S/C29H31F2N5O4/c1-29(27(30)31,34-28(39)32-2)24(26(38)35-40)33-25(37)23-15-13-21(14-16-23)8-4-3-7-20-9-11-22(12-10-20)19-36-17-5-6-18-36/h9-16,24,27,40H,5-6,17-19H2,1-2H3,(H,33,37)(H,35,38)(H2,32,34,39). The minimum Gasteiger partial charge on any atom is -0.341 e. The van der Waals surface area contributed by atoms with Crippen molar-refractivity contribution in [2.45, 2.75) is 44.3 Å². The summed E-state index contributed by atoms with van der Waals surface area (Å²) in [4.78, 5) is 39.1. The maximum atomic E-state index is 13.9. The summed E-state index contributed by atoms with van der Waals surface area (Å²) < 4.78 is 27.8. The summed E-state index contributed by atoms with van der Waals surface area (Å²) in [5, 5.41) is 15.3. The smallest absolute Gasteiger partial charge is 0.315 e. The quantitative estimate of drug-likeness (QED) is 0.196. The number of hydrogen-bond acceptors (Lipinski definition) is 5. The average Bonchev–Trinajstić information content (AvgIpc) is 3.47. The molecule has 1 aliphatic rings. The molecule has 0 bridgehead atoms. The fraction of sp³-hybridized carbons (Fsp3) is 0.345. The van der Waals surface area contributed by atoms with Crippen molar-refractivity contribution >= 4 is 17.8 Å². The van der Waals surface area contributed by atoms with Crippen LogP contribution in [0.25, 0.3) is 0 Å². The highest BCUT2D eigenvalue weighted by Gasteiger charge is 2.48. The summed E-state index contributed by atoms with van der Waals surface area (Å²) in [5.41, 5.74) is 1.38. The van der Waals surface area contributed by atoms with Gasteiger partial charge in [-0.05, 0) is 86.7 Å². The van der Waals surface area contributed by atoms with Crippen molar-refractivity contribution in [1.82, 2.24) is 26.3 Å². The molecule has 2 atom stereocenters. The lowest BCUT2D eigenvalue weighted by atomic mass is 9.91. The lowest BCUT2D eigenvalue weighted by Crippen LogP contribution is -2.69. The van der Waals surface area contributed by atoms with E-state index in [1.165, 1.54) is 55.2 Å². The first-order valence-corrected chi connectivity index (χ1v) is 12.6. The molecule has 0 aliphatic carbocycles. The molecule has 2 unspecified atom stereocenters. The van der Waals surface area contributed by atoms with Gasteiger partial charge in [-0.2, -0.15) is 0 Å². The number of amides is 4. The zero-order valence-corrected chi connectivity index (χ0v) is 22.2. The molecule has 0 spiro atoms. The van der Waals surface area contributed by atoms with E-state index in [1.807, 2.05) is 17.4 Å². The number of alkyl halides is 2. The Balaban J connectivity index is 1.64. The molecule has 40 heavy (non-hydrogen) atoms. The Kier molecular flexibility index (Phi) is 10.6. The molecule has 9 nitrogen and oxygen atoms in total. The average molecular weight is 552 g/mol. The number of nitrogens with one attached hydrogen (secondary N) is 4. The highest BCUT2D eigenvalue weighted by atomic mass is 19.3. The summed E-state index contributed by atoms with van der Waals surface area (Å²) in [6.07, 6.45) is -0.777. The molecule has 5 N–H and O–H groups in total. The van der Waals surface area contributed by atoms with Gasteiger partial charge in [0.05, 0.1) is 0 Å². The van der Waals surface area contributed by atoms with E-state index in [2.05, 4.69) is 51.3 Å². The number of carbonyl (C=O) groups excluding carboxylic acids is 3. The van der Waals surface area contributed by atoms with Crippen LogP contribution in [0.1, 0.15) is 46.8 Å². The Bertz CT molecular complexity index is 1320. The third-order valence-electron chi connectivity index (χ3n) is 6.49. The maximum absolute atomic E-state index is 13.9. The molecule has 210 valence electrons. The normalized spacial score (nSPS) is 14.9. The highest BCUT2D eigenvalue weighted by Crippen LogP contribution is 2.21. The molecule has 0 radical (unpaired) electrons. The van der Waals surface area contributed by atoms with Crippen molar-refractivity contribution < 1.29 is 28.4 Å². The van der Waals surface area contributed by atoms with E-state index in [0.717, 1.165) is 32.1 Å². The second-order valence-electron chi connectivity index (χ2n) is 9.43. The first-order chi connectivity index (χ1) is 19.2. The third-order valence-corrected chi connectivity index (χ3v) is 6.49. The summed E-state index contributed by atoms with van der Waals surface area (Å²) in [5.74, 6) is 9.18. The van der Waals surface area contributed by atoms with Crippen molar-refractivity contribution in [1.29, 1.82) is 0 Å². The lowest BCUT2D eigenvalue weighted by molar-refractivity contribution is -0.135. The van der Waals surface area contributed by atoms with Gasteiger partial charge in [0.2, 0.25) is 0 Å². The van der Waals surface area contributed by atoms with Gasteiger partial charge in [-0.25, -0.2) is 19.1 Å². The Morgan fingerprint density at radius 2 is 1.52 bits per heavy atom. The van der Waals surface area contributed by atoms with E-state index < -0.39 is 35.9 Å². The molecule has 1 aliphatic heterocycles. The van der Waals surface area contributed by atoms with Crippen LogP contribution in [0.4, 0.5) is 13.6 Å². The molecule has 11 heteroatoms. The topological polar surface area (TPSA) is 123 Å². The van der Waals surface area contributed by atoms with Crippen LogP contribution in [-0.2, 0) is 11.3 Å². The van der Waals surface area contributed by atoms with E-state index in [-0.39, 0.29) is 5.56 Å². The molecule has 1 heterocycles. The summed E-state index contributed by atoms with van der Waals surface area (Å²) >= 11 is 0. The Morgan fingerprint density at radius 1 is 0.975 bits per heavy atom. The van der Waals surface area contributed by atoms with Crippen LogP contribution in [0.2, 0.25) is 0 Å². The van der Waals surface area contributed by atoms with Gasteiger partial charge < -0.3 is 16.0 Å². The van der Waals surface area contributed by atoms with Gasteiger partial charge in [0.15, 0.2) is 0 Å². The zero-order valence-electron chi connectivity index (χ0n) is 22.2. The van der Waals surface area contributed by atoms with Gasteiger partial charge in [0.25, 0.3) is 18.2 Å². The van der Waals surface area contributed by atoms with E-state index in [1.54, 1.807) is 0 Å². The minimum absolute atomic E-state index is 0.0398. The van der Waals surface area contributed by atoms with E-state index in [4.69, 9.17) is 5.21 Å². The fourth-order valence-corrected chi connectivity index (χ4v) is 4.13. The first-order valence-electron chi connectivity index (χ1n) is 12.6. The second-order valence-corrected chi connectivity index (χ2v) is 9.43. The number of hydroxylamine groups is 1. The summed E-state index contributed by atoms with van der Waals surface area (Å²) in [7, 11) is 1.20. The Labute approximate surface area is 231 Å². The Morgan fingerprint density at radius 3 is 2.02 bits per heavy atom. The molecule has 3 rings (SSSR count). The number of nitrogens with zero attached hydrogens (tertiary/aromatic N) is 1. The van der Waals surface area contributed by atoms with E-state index >= 15 is 0 Å². The number of halogens is 2. The van der Waals surface area contributed by atoms with Crippen molar-refractivity contribution in [3.05, 3.63) is 70.8 Å². The number of rotatable bonds is 8.